The number of nitrogens with zero attached hydrogens (tertiary/aromatic N) is 7. The van der Waals surface area contributed by atoms with Crippen LogP contribution in [0.4, 0.5) is 40.3 Å². The van der Waals surface area contributed by atoms with E-state index in [0.717, 1.165) is 48.9 Å². The van der Waals surface area contributed by atoms with Gasteiger partial charge in [-0.05, 0) is 58.6 Å². The van der Waals surface area contributed by atoms with Crippen LogP contribution in [0.25, 0.3) is 0 Å². The third kappa shape index (κ3) is 7.30. The van der Waals surface area contributed by atoms with E-state index in [1.165, 1.54) is 12.3 Å². The minimum absolute atomic E-state index is 0.232. The summed E-state index contributed by atoms with van der Waals surface area (Å²) in [4.78, 5) is 48.8. The van der Waals surface area contributed by atoms with E-state index in [4.69, 9.17) is 19.4 Å². The van der Waals surface area contributed by atoms with Crippen LogP contribution in [0.2, 0.25) is 0 Å². The van der Waals surface area contributed by atoms with E-state index in [0.29, 0.717) is 36.0 Å². The highest BCUT2D eigenvalue weighted by Crippen LogP contribution is 2.45. The van der Waals surface area contributed by atoms with Gasteiger partial charge in [0.15, 0.2) is 5.82 Å². The van der Waals surface area contributed by atoms with Crippen LogP contribution >= 0.6 is 0 Å². The first-order chi connectivity index (χ1) is 22.8. The van der Waals surface area contributed by atoms with Crippen LogP contribution in [-0.4, -0.2) is 98.8 Å². The van der Waals surface area contributed by atoms with Gasteiger partial charge in [-0.3, -0.25) is 4.79 Å². The molecule has 48 heavy (non-hydrogen) atoms. The van der Waals surface area contributed by atoms with E-state index < -0.39 is 5.97 Å². The lowest BCUT2D eigenvalue weighted by molar-refractivity contribution is -0.111. The molecule has 13 nitrogen and oxygen atoms in total. The van der Waals surface area contributed by atoms with Crippen molar-refractivity contribution in [2.75, 3.05) is 86.3 Å². The van der Waals surface area contributed by atoms with Gasteiger partial charge in [0.1, 0.15) is 17.1 Å². The first kappa shape index (κ1) is 34.4. The van der Waals surface area contributed by atoms with Crippen molar-refractivity contribution in [1.82, 2.24) is 19.9 Å². The smallest absolute Gasteiger partial charge is 0.343 e. The topological polar surface area (TPSA) is 128 Å². The van der Waals surface area contributed by atoms with Gasteiger partial charge in [-0.15, -0.1) is 0 Å². The third-order valence-electron chi connectivity index (χ3n) is 8.41. The Morgan fingerprint density at radius 2 is 1.85 bits per heavy atom. The van der Waals surface area contributed by atoms with E-state index in [9.17, 15) is 9.59 Å². The summed E-state index contributed by atoms with van der Waals surface area (Å²) >= 11 is 0. The highest BCUT2D eigenvalue weighted by molar-refractivity contribution is 6.02. The highest BCUT2D eigenvalue weighted by Gasteiger charge is 2.40. The molecule has 256 valence electrons. The molecule has 1 aromatic carbocycles. The van der Waals surface area contributed by atoms with E-state index >= 15 is 0 Å². The molecule has 0 atom stereocenters. The number of aromatic nitrogens is 3. The van der Waals surface area contributed by atoms with E-state index in [2.05, 4.69) is 51.9 Å². The molecule has 2 aromatic heterocycles. The fraction of sp³-hybridized carbons (Fsp3) is 0.457. The second-order valence-corrected chi connectivity index (χ2v) is 13.3. The average Bonchev–Trinajstić information content (AvgIpc) is 3.28. The second-order valence-electron chi connectivity index (χ2n) is 13.3. The molecule has 0 aliphatic carbocycles. The number of ether oxygens (including phenoxy) is 2. The first-order valence-corrected chi connectivity index (χ1v) is 16.2. The Balaban J connectivity index is 1.56. The zero-order valence-corrected chi connectivity index (χ0v) is 29.3. The zero-order chi connectivity index (χ0) is 34.7. The number of nitrogens with one attached hydrogen (secondary N) is 2. The van der Waals surface area contributed by atoms with Gasteiger partial charge in [-0.2, -0.15) is 4.98 Å². The number of hydrogen-bond donors (Lipinski definition) is 2. The lowest BCUT2D eigenvalue weighted by atomic mass is 9.91. The SMILES string of the molecule is C=CC(=O)Nc1cc(Nc2ncc(C(=O)OC(C)C)c(N3CC(C)(C)c4nc(N5CCC5)ccc43)n2)c(OC)cc1N(C)CCN(C)C. The summed E-state index contributed by atoms with van der Waals surface area (Å²) < 4.78 is 11.4. The summed E-state index contributed by atoms with van der Waals surface area (Å²) in [6.07, 6.45) is 3.55. The summed E-state index contributed by atoms with van der Waals surface area (Å²) in [6.45, 7) is 15.6. The maximum Gasteiger partial charge on any atom is 0.343 e. The number of likely N-dealkylation sites (N-methyl/N-ethyl adjacent to an activating group) is 2. The number of pyridine rings is 1. The minimum Gasteiger partial charge on any atom is -0.494 e. The maximum atomic E-state index is 13.4. The second kappa shape index (κ2) is 14.1. The Morgan fingerprint density at radius 3 is 2.48 bits per heavy atom. The number of methoxy groups -OCH3 is 1. The van der Waals surface area contributed by atoms with Crippen molar-refractivity contribution in [2.45, 2.75) is 45.6 Å². The quantitative estimate of drug-likeness (QED) is 0.191. The Morgan fingerprint density at radius 1 is 1.10 bits per heavy atom. The zero-order valence-electron chi connectivity index (χ0n) is 29.3. The molecule has 13 heteroatoms. The van der Waals surface area contributed by atoms with E-state index in [1.807, 2.05) is 43.1 Å². The summed E-state index contributed by atoms with van der Waals surface area (Å²) in [5, 5.41) is 6.19. The number of esters is 1. The number of hydrogen-bond acceptors (Lipinski definition) is 12. The van der Waals surface area contributed by atoms with Crippen LogP contribution in [0.1, 0.15) is 50.2 Å². The Kier molecular flexibility index (Phi) is 10.1. The van der Waals surface area contributed by atoms with E-state index in [1.54, 1.807) is 27.0 Å². The van der Waals surface area contributed by atoms with Crippen molar-refractivity contribution < 1.29 is 19.1 Å². The van der Waals surface area contributed by atoms with Crippen LogP contribution in [0.5, 0.6) is 5.75 Å². The molecule has 2 aliphatic heterocycles. The molecule has 0 bridgehead atoms. The monoisotopic (exact) mass is 657 g/mol. The largest absolute Gasteiger partial charge is 0.494 e. The molecule has 0 spiro atoms. The van der Waals surface area contributed by atoms with Crippen LogP contribution in [0, 0.1) is 0 Å². The van der Waals surface area contributed by atoms with Gasteiger partial charge >= 0.3 is 5.97 Å². The summed E-state index contributed by atoms with van der Waals surface area (Å²) in [7, 11) is 7.55. The van der Waals surface area contributed by atoms with Crippen molar-refractivity contribution >= 4 is 52.2 Å². The van der Waals surface area contributed by atoms with Gasteiger partial charge < -0.3 is 39.7 Å². The van der Waals surface area contributed by atoms with Gasteiger partial charge in [-0.25, -0.2) is 14.8 Å². The van der Waals surface area contributed by atoms with Crippen molar-refractivity contribution in [3.63, 3.8) is 0 Å². The standard InChI is InChI=1S/C35H47N9O4/c1-10-30(45)37-24-18-25(28(47-9)19-27(24)42(8)17-16-41(6)7)38-34-36-20-23(33(46)48-22(2)3)32(40-34)44-21-35(4,5)31-26(44)12-13-29(39-31)43-14-11-15-43/h10,12-13,18-20,22H,1,11,14-17,21H2,2-9H3,(H,37,45)(H,36,38,40). The molecular weight excluding hydrogens is 610 g/mol. The Hall–Kier alpha value is -4.91. The number of carbonyl (C=O) groups excluding carboxylic acids is 2. The molecule has 1 saturated heterocycles. The lowest BCUT2D eigenvalue weighted by Gasteiger charge is -2.32. The Labute approximate surface area is 282 Å². The van der Waals surface area contributed by atoms with Gasteiger partial charge in [-0.1, -0.05) is 20.4 Å². The van der Waals surface area contributed by atoms with Gasteiger partial charge in [0, 0.05) is 57.4 Å². The van der Waals surface area contributed by atoms with Crippen molar-refractivity contribution in [3.05, 3.63) is 54.4 Å². The molecule has 0 saturated carbocycles. The van der Waals surface area contributed by atoms with Crippen LogP contribution in [0.15, 0.2) is 43.1 Å². The van der Waals surface area contributed by atoms with Crippen LogP contribution < -0.4 is 30.1 Å². The summed E-state index contributed by atoms with van der Waals surface area (Å²) in [5.74, 6) is 1.25. The lowest BCUT2D eigenvalue weighted by Crippen LogP contribution is -2.37. The number of fused-ring (bicyclic) bond motifs is 1. The first-order valence-electron chi connectivity index (χ1n) is 16.2. The predicted molar refractivity (Wildman–Crippen MR) is 191 cm³/mol. The fourth-order valence-electron chi connectivity index (χ4n) is 5.71. The number of amides is 1. The normalized spacial score (nSPS) is 14.8. The van der Waals surface area contributed by atoms with Crippen molar-refractivity contribution in [3.8, 4) is 5.75 Å². The summed E-state index contributed by atoms with van der Waals surface area (Å²) in [5.41, 5.74) is 3.60. The molecule has 0 unspecified atom stereocenters. The van der Waals surface area contributed by atoms with Crippen molar-refractivity contribution in [2.24, 2.45) is 0 Å². The van der Waals surface area contributed by atoms with Gasteiger partial charge in [0.25, 0.3) is 0 Å². The number of anilines is 7. The highest BCUT2D eigenvalue weighted by atomic mass is 16.5. The molecule has 2 aliphatic rings. The maximum absolute atomic E-state index is 13.4. The molecule has 5 rings (SSSR count). The molecule has 0 radical (unpaired) electrons. The molecule has 1 amide bonds. The van der Waals surface area contributed by atoms with Crippen LogP contribution in [-0.2, 0) is 14.9 Å². The number of rotatable bonds is 13. The molecule has 2 N–H and O–H groups in total. The summed E-state index contributed by atoms with van der Waals surface area (Å²) in [6, 6.07) is 7.72. The Bertz CT molecular complexity index is 1690. The molecule has 3 aromatic rings. The van der Waals surface area contributed by atoms with E-state index in [-0.39, 0.29) is 28.9 Å². The van der Waals surface area contributed by atoms with Gasteiger partial charge in [0.2, 0.25) is 11.9 Å². The minimum atomic E-state index is -0.514. The third-order valence-corrected chi connectivity index (χ3v) is 8.41. The number of benzene rings is 1. The van der Waals surface area contributed by atoms with Crippen LogP contribution in [0.3, 0.4) is 0 Å². The van der Waals surface area contributed by atoms with Crippen molar-refractivity contribution in [1.29, 1.82) is 0 Å². The molecular formula is C35H47N9O4. The average molecular weight is 658 g/mol. The molecule has 4 heterocycles. The predicted octanol–water partition coefficient (Wildman–Crippen LogP) is 4.95. The van der Waals surface area contributed by atoms with Gasteiger partial charge in [0.05, 0.1) is 41.7 Å². The molecule has 1 fully saturated rings. The fourth-order valence-corrected chi connectivity index (χ4v) is 5.71. The number of carbonyl (C=O) groups is 2.